The van der Waals surface area contributed by atoms with Crippen molar-refractivity contribution in [3.8, 4) is 16.9 Å². The highest BCUT2D eigenvalue weighted by Gasteiger charge is 2.18. The molecule has 0 atom stereocenters. The van der Waals surface area contributed by atoms with Crippen LogP contribution in [0.2, 0.25) is 0 Å². The number of aldehydes is 1. The number of methoxy groups -OCH3 is 1. The lowest BCUT2D eigenvalue weighted by molar-refractivity contribution is 0.112. The minimum atomic E-state index is -0.818. The molecule has 0 fully saturated rings. The van der Waals surface area contributed by atoms with Crippen LogP contribution in [0.3, 0.4) is 0 Å². The first kappa shape index (κ1) is 13.1. The standard InChI is InChI=1S/C14H9F3O2/c1-19-13-6-12(17)8(7-18)5-9(13)14-10(15)3-2-4-11(14)16/h2-7H,1H3. The van der Waals surface area contributed by atoms with Crippen LogP contribution < -0.4 is 4.74 Å². The van der Waals surface area contributed by atoms with E-state index < -0.39 is 17.5 Å². The van der Waals surface area contributed by atoms with Crippen molar-refractivity contribution in [2.24, 2.45) is 0 Å². The van der Waals surface area contributed by atoms with Gasteiger partial charge in [-0.05, 0) is 18.2 Å². The van der Waals surface area contributed by atoms with E-state index >= 15 is 0 Å². The molecule has 2 rings (SSSR count). The molecule has 0 aliphatic carbocycles. The van der Waals surface area contributed by atoms with Crippen LogP contribution in [0.5, 0.6) is 5.75 Å². The fourth-order valence-electron chi connectivity index (χ4n) is 1.78. The molecule has 2 aromatic carbocycles. The zero-order chi connectivity index (χ0) is 14.0. The molecule has 0 N–H and O–H groups in total. The number of ether oxygens (including phenoxy) is 1. The SMILES string of the molecule is COc1cc(F)c(C=O)cc1-c1c(F)cccc1F. The summed E-state index contributed by atoms with van der Waals surface area (Å²) in [5.41, 5.74) is -0.664. The fourth-order valence-corrected chi connectivity index (χ4v) is 1.78. The Kier molecular flexibility index (Phi) is 3.55. The van der Waals surface area contributed by atoms with Crippen molar-refractivity contribution >= 4 is 6.29 Å². The van der Waals surface area contributed by atoms with E-state index in [4.69, 9.17) is 4.74 Å². The monoisotopic (exact) mass is 266 g/mol. The summed E-state index contributed by atoms with van der Waals surface area (Å²) in [6, 6.07) is 5.34. The summed E-state index contributed by atoms with van der Waals surface area (Å²) in [5, 5.41) is 0. The first-order valence-corrected chi connectivity index (χ1v) is 5.35. The van der Waals surface area contributed by atoms with E-state index in [-0.39, 0.29) is 28.7 Å². The first-order chi connectivity index (χ1) is 9.08. The Labute approximate surface area is 107 Å². The quantitative estimate of drug-likeness (QED) is 0.793. The smallest absolute Gasteiger partial charge is 0.153 e. The Balaban J connectivity index is 2.77. The van der Waals surface area contributed by atoms with Gasteiger partial charge in [-0.1, -0.05) is 6.07 Å². The molecule has 5 heteroatoms. The Hall–Kier alpha value is -2.30. The number of hydrogen-bond acceptors (Lipinski definition) is 2. The third-order valence-electron chi connectivity index (χ3n) is 2.68. The van der Waals surface area contributed by atoms with Crippen molar-refractivity contribution in [2.45, 2.75) is 0 Å². The molecule has 98 valence electrons. The Morgan fingerprint density at radius 1 is 1.05 bits per heavy atom. The van der Waals surface area contributed by atoms with Crippen LogP contribution in [0.25, 0.3) is 11.1 Å². The Morgan fingerprint density at radius 2 is 1.68 bits per heavy atom. The minimum absolute atomic E-state index is 0.0124. The summed E-state index contributed by atoms with van der Waals surface area (Å²) in [4.78, 5) is 10.7. The van der Waals surface area contributed by atoms with Gasteiger partial charge in [0.05, 0.1) is 18.2 Å². The minimum Gasteiger partial charge on any atom is -0.496 e. The number of carbonyl (C=O) groups excluding carboxylic acids is 1. The van der Waals surface area contributed by atoms with E-state index in [1.807, 2.05) is 0 Å². The molecule has 0 bridgehead atoms. The predicted octanol–water partition coefficient (Wildman–Crippen LogP) is 3.59. The molecule has 0 saturated carbocycles. The Morgan fingerprint density at radius 3 is 2.21 bits per heavy atom. The molecule has 0 heterocycles. The molecule has 0 radical (unpaired) electrons. The maximum Gasteiger partial charge on any atom is 0.153 e. The van der Waals surface area contributed by atoms with Crippen LogP contribution in [0, 0.1) is 17.5 Å². The average Bonchev–Trinajstić information content (AvgIpc) is 2.39. The van der Waals surface area contributed by atoms with Crippen LogP contribution in [0.4, 0.5) is 13.2 Å². The molecule has 2 nitrogen and oxygen atoms in total. The molecule has 2 aromatic rings. The normalized spacial score (nSPS) is 10.3. The van der Waals surface area contributed by atoms with Crippen LogP contribution >= 0.6 is 0 Å². The molecule has 0 saturated heterocycles. The predicted molar refractivity (Wildman–Crippen MR) is 63.7 cm³/mol. The number of benzene rings is 2. The number of halogens is 3. The van der Waals surface area contributed by atoms with Gasteiger partial charge in [0.1, 0.15) is 23.2 Å². The second kappa shape index (κ2) is 5.14. The van der Waals surface area contributed by atoms with Gasteiger partial charge in [-0.15, -0.1) is 0 Å². The largest absolute Gasteiger partial charge is 0.496 e. The Bertz CT molecular complexity index is 619. The summed E-state index contributed by atoms with van der Waals surface area (Å²) in [5.74, 6) is -2.50. The van der Waals surface area contributed by atoms with Crippen molar-refractivity contribution in [3.05, 3.63) is 53.3 Å². The van der Waals surface area contributed by atoms with Gasteiger partial charge in [0.25, 0.3) is 0 Å². The summed E-state index contributed by atoms with van der Waals surface area (Å²) in [6.45, 7) is 0. The fraction of sp³-hybridized carbons (Fsp3) is 0.0714. The van der Waals surface area contributed by atoms with Gasteiger partial charge in [0.2, 0.25) is 0 Å². The van der Waals surface area contributed by atoms with E-state index in [9.17, 15) is 18.0 Å². The summed E-state index contributed by atoms with van der Waals surface area (Å²) in [7, 11) is 1.25. The molecule has 0 aliphatic heterocycles. The molecular formula is C14H9F3O2. The lowest BCUT2D eigenvalue weighted by Crippen LogP contribution is -1.97. The lowest BCUT2D eigenvalue weighted by Gasteiger charge is -2.11. The molecule has 0 aliphatic rings. The highest BCUT2D eigenvalue weighted by molar-refractivity contribution is 5.82. The van der Waals surface area contributed by atoms with Gasteiger partial charge in [-0.25, -0.2) is 13.2 Å². The maximum atomic E-state index is 13.7. The third kappa shape index (κ3) is 2.31. The molecule has 0 amide bonds. The van der Waals surface area contributed by atoms with Gasteiger partial charge >= 0.3 is 0 Å². The number of hydrogen-bond donors (Lipinski definition) is 0. The van der Waals surface area contributed by atoms with Gasteiger partial charge in [-0.2, -0.15) is 0 Å². The third-order valence-corrected chi connectivity index (χ3v) is 2.68. The van der Waals surface area contributed by atoms with E-state index in [1.54, 1.807) is 0 Å². The van der Waals surface area contributed by atoms with Crippen LogP contribution in [0.15, 0.2) is 30.3 Å². The van der Waals surface area contributed by atoms with Gasteiger partial charge in [0.15, 0.2) is 6.29 Å². The molecule has 0 aromatic heterocycles. The summed E-state index contributed by atoms with van der Waals surface area (Å²) < 4.78 is 45.8. The average molecular weight is 266 g/mol. The zero-order valence-electron chi connectivity index (χ0n) is 9.91. The topological polar surface area (TPSA) is 26.3 Å². The second-order valence-electron chi connectivity index (χ2n) is 3.79. The molecule has 0 spiro atoms. The van der Waals surface area contributed by atoms with Crippen molar-refractivity contribution in [1.29, 1.82) is 0 Å². The summed E-state index contributed by atoms with van der Waals surface area (Å²) >= 11 is 0. The lowest BCUT2D eigenvalue weighted by atomic mass is 10.0. The summed E-state index contributed by atoms with van der Waals surface area (Å²) in [6.07, 6.45) is 0.275. The van der Waals surface area contributed by atoms with Gasteiger partial charge in [0, 0.05) is 11.6 Å². The van der Waals surface area contributed by atoms with Crippen molar-refractivity contribution in [1.82, 2.24) is 0 Å². The van der Waals surface area contributed by atoms with Crippen molar-refractivity contribution in [3.63, 3.8) is 0 Å². The highest BCUT2D eigenvalue weighted by Crippen LogP contribution is 2.35. The van der Waals surface area contributed by atoms with Crippen LogP contribution in [-0.4, -0.2) is 13.4 Å². The van der Waals surface area contributed by atoms with Gasteiger partial charge in [-0.3, -0.25) is 4.79 Å². The molecule has 0 unspecified atom stereocenters. The van der Waals surface area contributed by atoms with Gasteiger partial charge < -0.3 is 4.74 Å². The van der Waals surface area contributed by atoms with E-state index in [1.165, 1.54) is 13.2 Å². The van der Waals surface area contributed by atoms with E-state index in [0.29, 0.717) is 0 Å². The number of rotatable bonds is 3. The second-order valence-corrected chi connectivity index (χ2v) is 3.79. The zero-order valence-corrected chi connectivity index (χ0v) is 9.91. The van der Waals surface area contributed by atoms with E-state index in [2.05, 4.69) is 0 Å². The van der Waals surface area contributed by atoms with Crippen molar-refractivity contribution < 1.29 is 22.7 Å². The molecular weight excluding hydrogens is 257 g/mol. The van der Waals surface area contributed by atoms with Crippen molar-refractivity contribution in [2.75, 3.05) is 7.11 Å². The highest BCUT2D eigenvalue weighted by atomic mass is 19.1. The van der Waals surface area contributed by atoms with Crippen LogP contribution in [0.1, 0.15) is 10.4 Å². The van der Waals surface area contributed by atoms with E-state index in [0.717, 1.165) is 24.3 Å². The first-order valence-electron chi connectivity index (χ1n) is 5.35. The van der Waals surface area contributed by atoms with Crippen LogP contribution in [-0.2, 0) is 0 Å². The number of carbonyl (C=O) groups is 1. The molecule has 19 heavy (non-hydrogen) atoms. The maximum absolute atomic E-state index is 13.7.